The Morgan fingerprint density at radius 3 is 2.76 bits per heavy atom. The second-order valence-corrected chi connectivity index (χ2v) is 10.3. The Balaban J connectivity index is 1.76. The van der Waals surface area contributed by atoms with E-state index in [1.165, 1.54) is 18.4 Å². The molecule has 0 saturated heterocycles. The van der Waals surface area contributed by atoms with E-state index in [0.717, 1.165) is 24.8 Å². The van der Waals surface area contributed by atoms with E-state index in [2.05, 4.69) is 27.4 Å². The molecule has 0 aromatic heterocycles. The van der Waals surface area contributed by atoms with Gasteiger partial charge in [0.25, 0.3) is 0 Å². The summed E-state index contributed by atoms with van der Waals surface area (Å²) in [6.45, 7) is 11.0. The van der Waals surface area contributed by atoms with Gasteiger partial charge in [0.05, 0.1) is 11.5 Å². The minimum atomic E-state index is -0.308. The van der Waals surface area contributed by atoms with Gasteiger partial charge in [-0.25, -0.2) is 0 Å². The van der Waals surface area contributed by atoms with Gasteiger partial charge in [-0.15, -0.1) is 11.6 Å². The molecule has 4 rings (SSSR count). The fraction of sp³-hybridized carbons (Fsp3) is 0.773. The molecular weight excluding hydrogens is 332 g/mol. The standard InChI is InChI=1S/C22H31ClO2/c1-12(2)15-5-6-16-14-10-18(23)17-9-13(24)7-8-21(17,3)20(14)19(25)11-22(15,16)4/h9,14-16,18-20,25H,1,5-8,10-11H2,2-4H3/t14-,15+,16-,18?,19?,20+,21-,22+/m0/s1. The lowest BCUT2D eigenvalue weighted by molar-refractivity contribution is -0.131. The Morgan fingerprint density at radius 1 is 1.36 bits per heavy atom. The highest BCUT2D eigenvalue weighted by atomic mass is 35.5. The molecule has 0 spiro atoms. The quantitative estimate of drug-likeness (QED) is 0.532. The van der Waals surface area contributed by atoms with Crippen LogP contribution in [0.4, 0.5) is 0 Å². The number of aliphatic hydroxyl groups excluding tert-OH is 1. The van der Waals surface area contributed by atoms with Gasteiger partial charge in [0, 0.05) is 6.42 Å². The summed E-state index contributed by atoms with van der Waals surface area (Å²) in [5.74, 6) is 2.02. The maximum atomic E-state index is 12.0. The molecule has 0 aromatic carbocycles. The van der Waals surface area contributed by atoms with Crippen LogP contribution in [-0.4, -0.2) is 22.4 Å². The minimum Gasteiger partial charge on any atom is -0.393 e. The summed E-state index contributed by atoms with van der Waals surface area (Å²) < 4.78 is 0. The van der Waals surface area contributed by atoms with Crippen LogP contribution in [0.25, 0.3) is 0 Å². The molecule has 2 nitrogen and oxygen atoms in total. The zero-order valence-corrected chi connectivity index (χ0v) is 16.5. The van der Waals surface area contributed by atoms with Crippen molar-refractivity contribution in [2.45, 2.75) is 70.8 Å². The topological polar surface area (TPSA) is 37.3 Å². The molecular formula is C22H31ClO2. The van der Waals surface area contributed by atoms with Crippen LogP contribution in [0.15, 0.2) is 23.8 Å². The summed E-state index contributed by atoms with van der Waals surface area (Å²) in [6.07, 6.45) is 7.11. The Bertz CT molecular complexity index is 652. The molecule has 0 aromatic rings. The van der Waals surface area contributed by atoms with E-state index in [4.69, 9.17) is 11.6 Å². The summed E-state index contributed by atoms with van der Waals surface area (Å²) >= 11 is 6.83. The van der Waals surface area contributed by atoms with Crippen molar-refractivity contribution in [2.75, 3.05) is 0 Å². The molecule has 8 atom stereocenters. The number of alkyl halides is 1. The SMILES string of the molecule is C=C(C)[C@H]1CC[C@H]2[C@@H]3CC(Cl)C4=CC(=O)CC[C@]4(C)[C@H]3C(O)C[C@]12C. The van der Waals surface area contributed by atoms with Gasteiger partial charge in [-0.2, -0.15) is 0 Å². The average Bonchev–Trinajstić information content (AvgIpc) is 2.85. The first-order chi connectivity index (χ1) is 11.7. The number of fused-ring (bicyclic) bond motifs is 5. The van der Waals surface area contributed by atoms with Crippen LogP contribution in [-0.2, 0) is 4.79 Å². The van der Waals surface area contributed by atoms with Crippen LogP contribution in [0.2, 0.25) is 0 Å². The molecule has 25 heavy (non-hydrogen) atoms. The summed E-state index contributed by atoms with van der Waals surface area (Å²) in [4.78, 5) is 12.0. The van der Waals surface area contributed by atoms with Gasteiger partial charge < -0.3 is 5.11 Å². The Morgan fingerprint density at radius 2 is 2.08 bits per heavy atom. The summed E-state index contributed by atoms with van der Waals surface area (Å²) in [5.41, 5.74) is 2.39. The van der Waals surface area contributed by atoms with Crippen molar-refractivity contribution in [1.82, 2.24) is 0 Å². The van der Waals surface area contributed by atoms with E-state index < -0.39 is 0 Å². The number of aliphatic hydroxyl groups is 1. The van der Waals surface area contributed by atoms with Crippen LogP contribution < -0.4 is 0 Å². The maximum absolute atomic E-state index is 12.0. The van der Waals surface area contributed by atoms with Crippen molar-refractivity contribution in [3.05, 3.63) is 23.8 Å². The van der Waals surface area contributed by atoms with Gasteiger partial charge in [-0.1, -0.05) is 26.0 Å². The third-order valence-corrected chi connectivity index (χ3v) is 8.88. The van der Waals surface area contributed by atoms with Crippen LogP contribution in [0.5, 0.6) is 0 Å². The number of rotatable bonds is 1. The van der Waals surface area contributed by atoms with Crippen LogP contribution >= 0.6 is 11.6 Å². The fourth-order valence-corrected chi connectivity index (χ4v) is 8.02. The third-order valence-electron chi connectivity index (χ3n) is 8.46. The molecule has 2 unspecified atom stereocenters. The summed E-state index contributed by atoms with van der Waals surface area (Å²) in [5, 5.41) is 11.2. The highest BCUT2D eigenvalue weighted by Crippen LogP contribution is 2.67. The van der Waals surface area contributed by atoms with Gasteiger partial charge in [0.2, 0.25) is 0 Å². The molecule has 1 N–H and O–H groups in total. The van der Waals surface area contributed by atoms with E-state index in [0.29, 0.717) is 24.2 Å². The van der Waals surface area contributed by atoms with E-state index in [-0.39, 0.29) is 34.0 Å². The highest BCUT2D eigenvalue weighted by Gasteiger charge is 2.63. The van der Waals surface area contributed by atoms with Gasteiger partial charge >= 0.3 is 0 Å². The van der Waals surface area contributed by atoms with Crippen LogP contribution in [0.1, 0.15) is 59.3 Å². The van der Waals surface area contributed by atoms with Crippen molar-refractivity contribution >= 4 is 17.4 Å². The number of hydrogen-bond acceptors (Lipinski definition) is 2. The van der Waals surface area contributed by atoms with E-state index in [1.807, 2.05) is 6.08 Å². The highest BCUT2D eigenvalue weighted by molar-refractivity contribution is 6.23. The second kappa shape index (κ2) is 5.70. The van der Waals surface area contributed by atoms with Gasteiger partial charge in [-0.3, -0.25) is 4.79 Å². The number of halogens is 1. The molecule has 4 aliphatic rings. The lowest BCUT2D eigenvalue weighted by Crippen LogP contribution is -2.58. The molecule has 0 heterocycles. The summed E-state index contributed by atoms with van der Waals surface area (Å²) in [6, 6.07) is 0. The number of carbonyl (C=O) groups excluding carboxylic acids is 1. The predicted molar refractivity (Wildman–Crippen MR) is 101 cm³/mol. The zero-order valence-electron chi connectivity index (χ0n) is 15.7. The van der Waals surface area contributed by atoms with Crippen molar-refractivity contribution in [1.29, 1.82) is 0 Å². The second-order valence-electron chi connectivity index (χ2n) is 9.74. The normalized spacial score (nSPS) is 52.0. The van der Waals surface area contributed by atoms with Crippen molar-refractivity contribution in [3.63, 3.8) is 0 Å². The van der Waals surface area contributed by atoms with Crippen LogP contribution in [0, 0.1) is 34.5 Å². The smallest absolute Gasteiger partial charge is 0.155 e. The Hall–Kier alpha value is -0.600. The largest absolute Gasteiger partial charge is 0.393 e. The predicted octanol–water partition coefficient (Wildman–Crippen LogP) is 4.90. The first kappa shape index (κ1) is 17.8. The molecule has 0 aliphatic heterocycles. The van der Waals surface area contributed by atoms with Gasteiger partial charge in [0.15, 0.2) is 5.78 Å². The molecule has 0 bridgehead atoms. The number of carbonyl (C=O) groups is 1. The van der Waals surface area contributed by atoms with Gasteiger partial charge in [0.1, 0.15) is 0 Å². The van der Waals surface area contributed by atoms with Crippen molar-refractivity contribution < 1.29 is 9.90 Å². The molecule has 4 aliphatic carbocycles. The van der Waals surface area contributed by atoms with Gasteiger partial charge in [-0.05, 0) is 85.2 Å². The molecule has 3 heteroatoms. The maximum Gasteiger partial charge on any atom is 0.155 e. The molecule has 0 amide bonds. The van der Waals surface area contributed by atoms with E-state index in [1.54, 1.807) is 0 Å². The number of ketones is 1. The minimum absolute atomic E-state index is 0.0612. The Kier molecular flexibility index (Phi) is 4.05. The molecule has 3 fully saturated rings. The monoisotopic (exact) mass is 362 g/mol. The molecule has 138 valence electrons. The molecule has 0 radical (unpaired) electrons. The first-order valence-electron chi connectivity index (χ1n) is 9.91. The van der Waals surface area contributed by atoms with E-state index >= 15 is 0 Å². The van der Waals surface area contributed by atoms with Crippen LogP contribution in [0.3, 0.4) is 0 Å². The Labute approximate surface area is 156 Å². The zero-order chi connectivity index (χ0) is 18.1. The van der Waals surface area contributed by atoms with E-state index in [9.17, 15) is 9.90 Å². The molecule has 3 saturated carbocycles. The average molecular weight is 363 g/mol. The lowest BCUT2D eigenvalue weighted by atomic mass is 9.45. The van der Waals surface area contributed by atoms with Crippen molar-refractivity contribution in [3.8, 4) is 0 Å². The fourth-order valence-electron chi connectivity index (χ4n) is 7.50. The first-order valence-corrected chi connectivity index (χ1v) is 10.3. The number of hydrogen-bond donors (Lipinski definition) is 1. The third kappa shape index (κ3) is 2.36. The van der Waals surface area contributed by atoms with Crippen molar-refractivity contribution in [2.24, 2.45) is 34.5 Å². The summed E-state index contributed by atoms with van der Waals surface area (Å²) in [7, 11) is 0. The number of allylic oxidation sites excluding steroid dienone is 2. The lowest BCUT2D eigenvalue weighted by Gasteiger charge is -2.60.